The third-order valence-corrected chi connectivity index (χ3v) is 2.76. The van der Waals surface area contributed by atoms with Gasteiger partial charge < -0.3 is 20.7 Å². The van der Waals surface area contributed by atoms with E-state index in [1.165, 1.54) is 0 Å². The summed E-state index contributed by atoms with van der Waals surface area (Å²) in [4.78, 5) is 14.3. The fourth-order valence-electron chi connectivity index (χ4n) is 1.43. The highest BCUT2D eigenvalue weighted by Gasteiger charge is 2.05. The molecule has 7 nitrogen and oxygen atoms in total. The van der Waals surface area contributed by atoms with Crippen LogP contribution in [0.25, 0.3) is 0 Å². The third kappa shape index (κ3) is 5.69. The van der Waals surface area contributed by atoms with E-state index in [-0.39, 0.29) is 12.0 Å². The Hall–Kier alpha value is -1.63. The average Bonchev–Trinajstić information content (AvgIpc) is 2.34. The van der Waals surface area contributed by atoms with E-state index >= 15 is 0 Å². The summed E-state index contributed by atoms with van der Waals surface area (Å²) < 4.78 is 5.21. The summed E-state index contributed by atoms with van der Waals surface area (Å²) in [5.41, 5.74) is 5.59. The van der Waals surface area contributed by atoms with Crippen molar-refractivity contribution in [2.24, 2.45) is 0 Å². The number of nitrogens with zero attached hydrogens (tertiary/aromatic N) is 4. The first-order chi connectivity index (χ1) is 9.02. The van der Waals surface area contributed by atoms with E-state index in [1.54, 1.807) is 0 Å². The molecule has 0 amide bonds. The highest BCUT2D eigenvalue weighted by atomic mass is 16.5. The van der Waals surface area contributed by atoms with Crippen LogP contribution in [0.4, 0.5) is 11.9 Å². The van der Waals surface area contributed by atoms with Crippen LogP contribution in [-0.2, 0) is 0 Å². The molecule has 0 aliphatic rings. The second kappa shape index (κ2) is 7.73. The van der Waals surface area contributed by atoms with Crippen LogP contribution >= 0.6 is 0 Å². The van der Waals surface area contributed by atoms with Gasteiger partial charge in [-0.2, -0.15) is 15.0 Å². The SMILES string of the molecule is CCOc1nc(N)nc(NCCCN(C)C(C)C)n1. The summed E-state index contributed by atoms with van der Waals surface area (Å²) in [5.74, 6) is 0.628. The summed E-state index contributed by atoms with van der Waals surface area (Å²) in [6, 6.07) is 0.814. The quantitative estimate of drug-likeness (QED) is 0.680. The Bertz CT molecular complexity index is 384. The van der Waals surface area contributed by atoms with Crippen molar-refractivity contribution in [3.63, 3.8) is 0 Å². The minimum absolute atomic E-state index is 0.167. The van der Waals surface area contributed by atoms with Crippen molar-refractivity contribution in [2.45, 2.75) is 33.2 Å². The molecule has 1 rings (SSSR count). The topological polar surface area (TPSA) is 89.2 Å². The van der Waals surface area contributed by atoms with Gasteiger partial charge in [0.15, 0.2) is 0 Å². The van der Waals surface area contributed by atoms with Crippen LogP contribution in [0.3, 0.4) is 0 Å². The van der Waals surface area contributed by atoms with E-state index in [0.29, 0.717) is 18.6 Å². The summed E-state index contributed by atoms with van der Waals surface area (Å²) in [7, 11) is 2.11. The van der Waals surface area contributed by atoms with Crippen molar-refractivity contribution >= 4 is 11.9 Å². The third-order valence-electron chi connectivity index (χ3n) is 2.76. The molecule has 0 bridgehead atoms. The predicted octanol–water partition coefficient (Wildman–Crippen LogP) is 0.995. The Balaban J connectivity index is 2.40. The normalized spacial score (nSPS) is 11.1. The first-order valence-electron chi connectivity index (χ1n) is 6.61. The van der Waals surface area contributed by atoms with E-state index in [1.807, 2.05) is 6.92 Å². The maximum Gasteiger partial charge on any atom is 0.323 e. The van der Waals surface area contributed by atoms with E-state index in [0.717, 1.165) is 19.5 Å². The number of hydrogen-bond donors (Lipinski definition) is 2. The van der Waals surface area contributed by atoms with Crippen LogP contribution in [0.5, 0.6) is 6.01 Å². The van der Waals surface area contributed by atoms with Crippen molar-refractivity contribution in [1.82, 2.24) is 19.9 Å². The van der Waals surface area contributed by atoms with Crippen LogP contribution in [0.15, 0.2) is 0 Å². The summed E-state index contributed by atoms with van der Waals surface area (Å²) in [6.07, 6.45) is 1.00. The number of nitrogens with two attached hydrogens (primary N) is 1. The standard InChI is InChI=1S/C12H24N6O/c1-5-19-12-16-10(13)15-11(17-12)14-7-6-8-18(4)9(2)3/h9H,5-8H2,1-4H3,(H3,13,14,15,16,17). The van der Waals surface area contributed by atoms with Crippen LogP contribution in [0.1, 0.15) is 27.2 Å². The number of aromatic nitrogens is 3. The van der Waals surface area contributed by atoms with E-state index < -0.39 is 0 Å². The largest absolute Gasteiger partial charge is 0.464 e. The molecule has 108 valence electrons. The molecule has 0 saturated heterocycles. The molecule has 1 aromatic rings. The average molecular weight is 268 g/mol. The molecule has 0 aromatic carbocycles. The van der Waals surface area contributed by atoms with Gasteiger partial charge in [0.05, 0.1) is 6.61 Å². The van der Waals surface area contributed by atoms with Crippen molar-refractivity contribution in [3.8, 4) is 6.01 Å². The number of ether oxygens (including phenoxy) is 1. The molecule has 1 aromatic heterocycles. The Morgan fingerprint density at radius 3 is 2.68 bits per heavy atom. The van der Waals surface area contributed by atoms with Crippen LogP contribution in [-0.4, -0.2) is 52.6 Å². The molecule has 0 radical (unpaired) electrons. The van der Waals surface area contributed by atoms with Gasteiger partial charge in [-0.3, -0.25) is 0 Å². The van der Waals surface area contributed by atoms with Gasteiger partial charge in [0.25, 0.3) is 0 Å². The molecular formula is C12H24N6O. The second-order valence-corrected chi connectivity index (χ2v) is 4.59. The number of rotatable bonds is 8. The van der Waals surface area contributed by atoms with Gasteiger partial charge in [-0.25, -0.2) is 0 Å². The molecule has 0 saturated carbocycles. The Morgan fingerprint density at radius 2 is 2.05 bits per heavy atom. The van der Waals surface area contributed by atoms with Crippen molar-refractivity contribution < 1.29 is 4.74 Å². The molecule has 0 aliphatic carbocycles. The van der Waals surface area contributed by atoms with E-state index in [2.05, 4.69) is 46.1 Å². The smallest absolute Gasteiger partial charge is 0.323 e. The molecule has 0 fully saturated rings. The minimum atomic E-state index is 0.167. The maximum atomic E-state index is 5.59. The number of nitrogens with one attached hydrogen (secondary N) is 1. The van der Waals surface area contributed by atoms with E-state index in [4.69, 9.17) is 10.5 Å². The van der Waals surface area contributed by atoms with Crippen molar-refractivity contribution in [1.29, 1.82) is 0 Å². The van der Waals surface area contributed by atoms with Gasteiger partial charge in [0.1, 0.15) is 0 Å². The molecule has 0 spiro atoms. The monoisotopic (exact) mass is 268 g/mol. The predicted molar refractivity (Wildman–Crippen MR) is 76.3 cm³/mol. The number of anilines is 2. The molecule has 1 heterocycles. The lowest BCUT2D eigenvalue weighted by Gasteiger charge is -2.20. The molecule has 19 heavy (non-hydrogen) atoms. The van der Waals surface area contributed by atoms with Crippen LogP contribution in [0.2, 0.25) is 0 Å². The van der Waals surface area contributed by atoms with Gasteiger partial charge in [-0.05, 0) is 40.8 Å². The first-order valence-corrected chi connectivity index (χ1v) is 6.61. The van der Waals surface area contributed by atoms with Gasteiger partial charge in [0, 0.05) is 12.6 Å². The molecule has 7 heteroatoms. The molecular weight excluding hydrogens is 244 g/mol. The number of hydrogen-bond acceptors (Lipinski definition) is 7. The zero-order chi connectivity index (χ0) is 14.3. The fourth-order valence-corrected chi connectivity index (χ4v) is 1.43. The zero-order valence-corrected chi connectivity index (χ0v) is 12.2. The lowest BCUT2D eigenvalue weighted by Crippen LogP contribution is -2.28. The Labute approximate surface area is 114 Å². The van der Waals surface area contributed by atoms with Crippen molar-refractivity contribution in [3.05, 3.63) is 0 Å². The maximum absolute atomic E-state index is 5.59. The second-order valence-electron chi connectivity index (χ2n) is 4.59. The van der Waals surface area contributed by atoms with Crippen molar-refractivity contribution in [2.75, 3.05) is 37.8 Å². The van der Waals surface area contributed by atoms with Gasteiger partial charge in [-0.15, -0.1) is 0 Å². The van der Waals surface area contributed by atoms with Gasteiger partial charge in [0.2, 0.25) is 11.9 Å². The minimum Gasteiger partial charge on any atom is -0.464 e. The van der Waals surface area contributed by atoms with Gasteiger partial charge >= 0.3 is 6.01 Å². The lowest BCUT2D eigenvalue weighted by molar-refractivity contribution is 0.273. The highest BCUT2D eigenvalue weighted by Crippen LogP contribution is 2.08. The molecule has 0 unspecified atom stereocenters. The molecule has 0 aliphatic heterocycles. The highest BCUT2D eigenvalue weighted by molar-refractivity contribution is 5.32. The van der Waals surface area contributed by atoms with Crippen LogP contribution in [0, 0.1) is 0 Å². The summed E-state index contributed by atoms with van der Waals surface area (Å²) in [6.45, 7) is 8.52. The van der Waals surface area contributed by atoms with Crippen LogP contribution < -0.4 is 15.8 Å². The van der Waals surface area contributed by atoms with E-state index in [9.17, 15) is 0 Å². The Kier molecular flexibility index (Phi) is 6.27. The Morgan fingerprint density at radius 1 is 1.32 bits per heavy atom. The summed E-state index contributed by atoms with van der Waals surface area (Å²) >= 11 is 0. The fraction of sp³-hybridized carbons (Fsp3) is 0.750. The molecule has 0 atom stereocenters. The molecule has 3 N–H and O–H groups in total. The lowest BCUT2D eigenvalue weighted by atomic mass is 10.3. The number of nitrogen functional groups attached to an aromatic ring is 1. The zero-order valence-electron chi connectivity index (χ0n) is 12.2. The summed E-state index contributed by atoms with van der Waals surface area (Å²) in [5, 5.41) is 3.13. The van der Waals surface area contributed by atoms with Gasteiger partial charge in [-0.1, -0.05) is 0 Å². The first kappa shape index (κ1) is 15.4.